The van der Waals surface area contributed by atoms with Gasteiger partial charge in [0.25, 0.3) is 5.56 Å². The summed E-state index contributed by atoms with van der Waals surface area (Å²) in [6, 6.07) is 4.07. The van der Waals surface area contributed by atoms with Crippen molar-refractivity contribution < 1.29 is 14.3 Å². The summed E-state index contributed by atoms with van der Waals surface area (Å²) in [5, 5.41) is 8.23. The van der Waals surface area contributed by atoms with Gasteiger partial charge >= 0.3 is 0 Å². The highest BCUT2D eigenvalue weighted by molar-refractivity contribution is 5.89. The second kappa shape index (κ2) is 9.04. The summed E-state index contributed by atoms with van der Waals surface area (Å²) in [4.78, 5) is 28.2. The van der Waals surface area contributed by atoms with Gasteiger partial charge < -0.3 is 19.7 Å². The monoisotopic (exact) mass is 414 g/mol. The summed E-state index contributed by atoms with van der Waals surface area (Å²) in [6.45, 7) is 2.89. The molecule has 2 aromatic rings. The first-order valence-corrected chi connectivity index (χ1v) is 10.7. The van der Waals surface area contributed by atoms with Crippen LogP contribution in [0, 0.1) is 5.92 Å². The molecule has 1 N–H and O–H groups in total. The van der Waals surface area contributed by atoms with E-state index in [1.165, 1.54) is 57.7 Å². The third-order valence-electron chi connectivity index (χ3n) is 6.45. The molecule has 3 heterocycles. The number of nitrogens with zero attached hydrogens (tertiary/aromatic N) is 3. The first-order valence-electron chi connectivity index (χ1n) is 10.7. The lowest BCUT2D eigenvalue weighted by Gasteiger charge is -2.44. The summed E-state index contributed by atoms with van der Waals surface area (Å²) in [5.74, 6) is 1.11. The molecule has 2 fully saturated rings. The summed E-state index contributed by atoms with van der Waals surface area (Å²) in [6.07, 6.45) is 7.67. The molecule has 2 atom stereocenters. The molecule has 0 saturated carbocycles. The molecule has 0 radical (unpaired) electrons. The fraction of sp³-hybridized carbons (Fsp3) is 0.591. The Labute approximate surface area is 176 Å². The van der Waals surface area contributed by atoms with Crippen LogP contribution in [0.3, 0.4) is 0 Å². The van der Waals surface area contributed by atoms with Crippen LogP contribution in [0.2, 0.25) is 0 Å². The van der Waals surface area contributed by atoms with E-state index in [2.05, 4.69) is 15.3 Å². The van der Waals surface area contributed by atoms with Gasteiger partial charge in [0.2, 0.25) is 5.91 Å². The van der Waals surface area contributed by atoms with Crippen LogP contribution in [-0.2, 0) is 11.3 Å². The third-order valence-corrected chi connectivity index (χ3v) is 6.45. The Bertz CT molecular complexity index is 971. The predicted molar refractivity (Wildman–Crippen MR) is 114 cm³/mol. The van der Waals surface area contributed by atoms with Crippen molar-refractivity contribution in [3.05, 3.63) is 28.7 Å². The Morgan fingerprint density at radius 2 is 2.00 bits per heavy atom. The number of rotatable bonds is 6. The normalized spacial score (nSPS) is 21.8. The lowest BCUT2D eigenvalue weighted by atomic mass is 9.83. The fourth-order valence-electron chi connectivity index (χ4n) is 4.95. The molecule has 2 aliphatic rings. The van der Waals surface area contributed by atoms with Crippen molar-refractivity contribution in [2.75, 3.05) is 33.9 Å². The highest BCUT2D eigenvalue weighted by Gasteiger charge is 2.32. The van der Waals surface area contributed by atoms with E-state index in [1.807, 2.05) is 0 Å². The van der Waals surface area contributed by atoms with Gasteiger partial charge in [-0.05, 0) is 56.8 Å². The highest BCUT2D eigenvalue weighted by Crippen LogP contribution is 2.33. The lowest BCUT2D eigenvalue weighted by molar-refractivity contribution is -0.122. The van der Waals surface area contributed by atoms with E-state index in [0.717, 1.165) is 6.42 Å². The molecular weight excluding hydrogens is 384 g/mol. The van der Waals surface area contributed by atoms with Crippen molar-refractivity contribution in [3.63, 3.8) is 0 Å². The minimum atomic E-state index is -0.366. The van der Waals surface area contributed by atoms with Gasteiger partial charge in [0, 0.05) is 18.0 Å². The molecule has 2 saturated heterocycles. The number of fused-ring (bicyclic) bond motifs is 2. The number of carbonyl (C=O) groups excluding carboxylic acids is 1. The predicted octanol–water partition coefficient (Wildman–Crippen LogP) is 1.79. The van der Waals surface area contributed by atoms with Crippen LogP contribution in [-0.4, -0.2) is 60.5 Å². The van der Waals surface area contributed by atoms with E-state index in [-0.39, 0.29) is 18.0 Å². The number of hydrogen-bond donors (Lipinski definition) is 1. The van der Waals surface area contributed by atoms with E-state index in [9.17, 15) is 9.59 Å². The molecule has 8 heteroatoms. The van der Waals surface area contributed by atoms with Crippen molar-refractivity contribution >= 4 is 16.7 Å². The average molecular weight is 415 g/mol. The number of amides is 1. The Morgan fingerprint density at radius 1 is 1.17 bits per heavy atom. The highest BCUT2D eigenvalue weighted by atomic mass is 16.5. The molecule has 0 bridgehead atoms. The number of benzene rings is 1. The maximum atomic E-state index is 13.0. The molecule has 8 nitrogen and oxygen atoms in total. The number of piperidine rings is 2. The summed E-state index contributed by atoms with van der Waals surface area (Å²) in [5.41, 5.74) is -0.366. The largest absolute Gasteiger partial charge is 0.493 e. The molecule has 4 rings (SSSR count). The number of carbonyl (C=O) groups is 1. The maximum Gasteiger partial charge on any atom is 0.279 e. The minimum Gasteiger partial charge on any atom is -0.493 e. The van der Waals surface area contributed by atoms with Gasteiger partial charge in [-0.25, -0.2) is 4.68 Å². The van der Waals surface area contributed by atoms with Crippen LogP contribution in [0.15, 0.2) is 23.1 Å². The van der Waals surface area contributed by atoms with Crippen LogP contribution < -0.4 is 20.3 Å². The lowest BCUT2D eigenvalue weighted by Crippen LogP contribution is -2.51. The fourth-order valence-corrected chi connectivity index (χ4v) is 4.95. The molecular formula is C22H30N4O4. The molecule has 0 aliphatic carbocycles. The molecule has 1 aromatic heterocycles. The molecule has 0 spiro atoms. The van der Waals surface area contributed by atoms with Crippen molar-refractivity contribution in [1.29, 1.82) is 0 Å². The van der Waals surface area contributed by atoms with E-state index in [0.29, 0.717) is 40.8 Å². The summed E-state index contributed by atoms with van der Waals surface area (Å²) in [7, 11) is 3.02. The summed E-state index contributed by atoms with van der Waals surface area (Å²) < 4.78 is 11.9. The van der Waals surface area contributed by atoms with Gasteiger partial charge in [-0.3, -0.25) is 9.59 Å². The molecule has 1 amide bonds. The third kappa shape index (κ3) is 4.01. The Kier molecular flexibility index (Phi) is 6.22. The SMILES string of the molecule is COc1ccc2cnn(CC(=O)NCC3CCCN4CCCCC34)c(=O)c2c1OC. The van der Waals surface area contributed by atoms with Crippen LogP contribution in [0.5, 0.6) is 11.5 Å². The van der Waals surface area contributed by atoms with E-state index < -0.39 is 0 Å². The first kappa shape index (κ1) is 20.7. The number of hydrogen-bond acceptors (Lipinski definition) is 6. The molecule has 2 unspecified atom stereocenters. The van der Waals surface area contributed by atoms with Crippen LogP contribution in [0.25, 0.3) is 10.8 Å². The second-order valence-corrected chi connectivity index (χ2v) is 8.18. The zero-order valence-corrected chi connectivity index (χ0v) is 17.7. The average Bonchev–Trinajstić information content (AvgIpc) is 2.78. The van der Waals surface area contributed by atoms with Crippen molar-refractivity contribution in [3.8, 4) is 11.5 Å². The maximum absolute atomic E-state index is 13.0. The number of methoxy groups -OCH3 is 2. The molecule has 30 heavy (non-hydrogen) atoms. The standard InChI is InChI=1S/C22H30N4O4/c1-29-18-9-8-16-13-24-26(22(28)20(16)21(18)30-2)14-19(27)23-12-15-6-5-11-25-10-4-3-7-17(15)25/h8-9,13,15,17H,3-7,10-12,14H2,1-2H3,(H,23,27). The topological polar surface area (TPSA) is 85.7 Å². The Hall–Kier alpha value is -2.61. The van der Waals surface area contributed by atoms with Crippen molar-refractivity contribution in [2.45, 2.75) is 44.7 Å². The quantitative estimate of drug-likeness (QED) is 0.776. The Morgan fingerprint density at radius 3 is 2.80 bits per heavy atom. The van der Waals surface area contributed by atoms with E-state index in [4.69, 9.17) is 9.47 Å². The Balaban J connectivity index is 1.46. The van der Waals surface area contributed by atoms with Gasteiger partial charge in [-0.1, -0.05) is 6.42 Å². The zero-order chi connectivity index (χ0) is 21.1. The molecule has 1 aromatic carbocycles. The van der Waals surface area contributed by atoms with Gasteiger partial charge in [0.1, 0.15) is 6.54 Å². The van der Waals surface area contributed by atoms with Crippen LogP contribution in [0.4, 0.5) is 0 Å². The van der Waals surface area contributed by atoms with Gasteiger partial charge in [0.15, 0.2) is 11.5 Å². The van der Waals surface area contributed by atoms with Crippen LogP contribution >= 0.6 is 0 Å². The van der Waals surface area contributed by atoms with Crippen LogP contribution in [0.1, 0.15) is 32.1 Å². The molecule has 2 aliphatic heterocycles. The first-order chi connectivity index (χ1) is 14.6. The van der Waals surface area contributed by atoms with Gasteiger partial charge in [-0.15, -0.1) is 0 Å². The second-order valence-electron chi connectivity index (χ2n) is 8.18. The zero-order valence-electron chi connectivity index (χ0n) is 17.7. The van der Waals surface area contributed by atoms with E-state index in [1.54, 1.807) is 18.3 Å². The number of ether oxygens (including phenoxy) is 2. The van der Waals surface area contributed by atoms with Gasteiger partial charge in [0.05, 0.1) is 25.8 Å². The van der Waals surface area contributed by atoms with E-state index >= 15 is 0 Å². The number of aromatic nitrogens is 2. The summed E-state index contributed by atoms with van der Waals surface area (Å²) >= 11 is 0. The molecule has 162 valence electrons. The smallest absolute Gasteiger partial charge is 0.279 e. The van der Waals surface area contributed by atoms with Crippen molar-refractivity contribution in [2.24, 2.45) is 5.92 Å². The minimum absolute atomic E-state index is 0.115. The van der Waals surface area contributed by atoms with Crippen molar-refractivity contribution in [1.82, 2.24) is 20.0 Å². The van der Waals surface area contributed by atoms with Gasteiger partial charge in [-0.2, -0.15) is 5.10 Å². The number of nitrogens with one attached hydrogen (secondary N) is 1.